The number of amides is 1. The highest BCUT2D eigenvalue weighted by Crippen LogP contribution is 2.14. The molecule has 0 radical (unpaired) electrons. The van der Waals surface area contributed by atoms with Crippen molar-refractivity contribution in [2.75, 3.05) is 32.7 Å². The first-order valence-corrected chi connectivity index (χ1v) is 9.27. The van der Waals surface area contributed by atoms with E-state index in [0.717, 1.165) is 44.9 Å². The number of carbonyl (C=O) groups excluding carboxylic acids is 1. The standard InChI is InChI=1S/C14H22N4O.2C2H6/c1-12-10-16(11-12)8-9-18-7-4-13(15-18)14(19)17-5-2-3-6-17;2*1-2/h4,7,12H,2-3,5-6,8-11H2,1H3;2*1-2H3. The van der Waals surface area contributed by atoms with Crippen molar-refractivity contribution in [3.63, 3.8) is 0 Å². The number of aromatic nitrogens is 2. The summed E-state index contributed by atoms with van der Waals surface area (Å²) in [6.07, 6.45) is 4.17. The molecule has 5 nitrogen and oxygen atoms in total. The second kappa shape index (κ2) is 10.4. The SMILES string of the molecule is CC.CC.CC1CN(CCn2ccc(C(=O)N3CCCC3)n2)C1. The van der Waals surface area contributed by atoms with Crippen LogP contribution in [0.15, 0.2) is 12.3 Å². The van der Waals surface area contributed by atoms with E-state index in [1.807, 2.05) is 49.5 Å². The van der Waals surface area contributed by atoms with Gasteiger partial charge in [0, 0.05) is 38.9 Å². The molecule has 3 rings (SSSR count). The molecule has 0 spiro atoms. The molecule has 0 aliphatic carbocycles. The molecule has 2 saturated heterocycles. The normalized spacial score (nSPS) is 17.7. The Labute approximate surface area is 141 Å². The first kappa shape index (κ1) is 19.7. The van der Waals surface area contributed by atoms with E-state index in [0.29, 0.717) is 5.69 Å². The molecule has 1 aromatic heterocycles. The van der Waals surface area contributed by atoms with E-state index in [9.17, 15) is 4.79 Å². The van der Waals surface area contributed by atoms with Crippen LogP contribution >= 0.6 is 0 Å². The summed E-state index contributed by atoms with van der Waals surface area (Å²) in [7, 11) is 0. The van der Waals surface area contributed by atoms with Crippen LogP contribution in [-0.4, -0.2) is 58.2 Å². The fourth-order valence-electron chi connectivity index (χ4n) is 2.94. The van der Waals surface area contributed by atoms with Crippen molar-refractivity contribution >= 4 is 5.91 Å². The topological polar surface area (TPSA) is 41.4 Å². The molecule has 2 aliphatic rings. The maximum absolute atomic E-state index is 12.1. The van der Waals surface area contributed by atoms with Crippen LogP contribution in [0.2, 0.25) is 0 Å². The van der Waals surface area contributed by atoms with Crippen LogP contribution in [-0.2, 0) is 6.54 Å². The van der Waals surface area contributed by atoms with Gasteiger partial charge in [0.25, 0.3) is 5.91 Å². The van der Waals surface area contributed by atoms with Crippen molar-refractivity contribution in [1.82, 2.24) is 19.6 Å². The number of hydrogen-bond acceptors (Lipinski definition) is 3. The highest BCUT2D eigenvalue weighted by atomic mass is 16.2. The third kappa shape index (κ3) is 5.65. The second-order valence-electron chi connectivity index (χ2n) is 5.83. The summed E-state index contributed by atoms with van der Waals surface area (Å²) in [5.74, 6) is 0.929. The molecule has 0 N–H and O–H groups in total. The van der Waals surface area contributed by atoms with Crippen LogP contribution in [0.3, 0.4) is 0 Å². The Morgan fingerprint density at radius 3 is 2.30 bits per heavy atom. The van der Waals surface area contributed by atoms with E-state index in [2.05, 4.69) is 16.9 Å². The zero-order valence-corrected chi connectivity index (χ0v) is 15.6. The zero-order chi connectivity index (χ0) is 17.2. The first-order valence-electron chi connectivity index (χ1n) is 9.27. The molecule has 1 amide bonds. The monoisotopic (exact) mass is 322 g/mol. The van der Waals surface area contributed by atoms with Crippen molar-refractivity contribution < 1.29 is 4.79 Å². The van der Waals surface area contributed by atoms with Gasteiger partial charge in [-0.3, -0.25) is 9.48 Å². The lowest BCUT2D eigenvalue weighted by Gasteiger charge is -2.36. The largest absolute Gasteiger partial charge is 0.337 e. The summed E-state index contributed by atoms with van der Waals surface area (Å²) in [5, 5.41) is 4.40. The average molecular weight is 322 g/mol. The molecule has 3 heterocycles. The van der Waals surface area contributed by atoms with Gasteiger partial charge in [-0.05, 0) is 24.8 Å². The van der Waals surface area contributed by atoms with Gasteiger partial charge in [0.15, 0.2) is 0 Å². The molecule has 0 saturated carbocycles. The summed E-state index contributed by atoms with van der Waals surface area (Å²) >= 11 is 0. The molecule has 23 heavy (non-hydrogen) atoms. The van der Waals surface area contributed by atoms with Crippen LogP contribution in [0, 0.1) is 5.92 Å². The molecule has 5 heteroatoms. The van der Waals surface area contributed by atoms with Crippen molar-refractivity contribution in [2.45, 2.75) is 54.0 Å². The molecule has 0 aromatic carbocycles. The van der Waals surface area contributed by atoms with Crippen molar-refractivity contribution in [1.29, 1.82) is 0 Å². The molecule has 1 aromatic rings. The number of hydrogen-bond donors (Lipinski definition) is 0. The number of likely N-dealkylation sites (tertiary alicyclic amines) is 2. The third-order valence-electron chi connectivity index (χ3n) is 4.04. The third-order valence-corrected chi connectivity index (χ3v) is 4.04. The summed E-state index contributed by atoms with van der Waals surface area (Å²) in [5.41, 5.74) is 0.596. The second-order valence-corrected chi connectivity index (χ2v) is 5.83. The van der Waals surface area contributed by atoms with Gasteiger partial charge in [-0.25, -0.2) is 0 Å². The highest BCUT2D eigenvalue weighted by molar-refractivity contribution is 5.92. The Balaban J connectivity index is 0.000000615. The van der Waals surface area contributed by atoms with E-state index in [1.165, 1.54) is 13.1 Å². The molecule has 0 atom stereocenters. The van der Waals surface area contributed by atoms with Gasteiger partial charge in [-0.1, -0.05) is 34.6 Å². The van der Waals surface area contributed by atoms with Crippen LogP contribution in [0.1, 0.15) is 57.9 Å². The van der Waals surface area contributed by atoms with E-state index in [4.69, 9.17) is 0 Å². The predicted octanol–water partition coefficient (Wildman–Crippen LogP) is 3.12. The number of rotatable bonds is 4. The van der Waals surface area contributed by atoms with Crippen LogP contribution in [0.4, 0.5) is 0 Å². The lowest BCUT2D eigenvalue weighted by molar-refractivity contribution is 0.0785. The van der Waals surface area contributed by atoms with Gasteiger partial charge in [0.2, 0.25) is 0 Å². The van der Waals surface area contributed by atoms with E-state index < -0.39 is 0 Å². The zero-order valence-electron chi connectivity index (χ0n) is 15.6. The lowest BCUT2D eigenvalue weighted by Crippen LogP contribution is -2.46. The van der Waals surface area contributed by atoms with Crippen molar-refractivity contribution in [3.8, 4) is 0 Å². The molecule has 0 unspecified atom stereocenters. The van der Waals surface area contributed by atoms with Crippen LogP contribution in [0.5, 0.6) is 0 Å². The quantitative estimate of drug-likeness (QED) is 0.855. The molecular weight excluding hydrogens is 288 g/mol. The fourth-order valence-corrected chi connectivity index (χ4v) is 2.94. The summed E-state index contributed by atoms with van der Waals surface area (Å²) in [6.45, 7) is 16.3. The summed E-state index contributed by atoms with van der Waals surface area (Å²) in [6, 6.07) is 1.85. The van der Waals surface area contributed by atoms with E-state index >= 15 is 0 Å². The highest BCUT2D eigenvalue weighted by Gasteiger charge is 2.23. The van der Waals surface area contributed by atoms with Gasteiger partial charge in [0.05, 0.1) is 6.54 Å². The summed E-state index contributed by atoms with van der Waals surface area (Å²) < 4.78 is 1.90. The minimum absolute atomic E-state index is 0.0915. The predicted molar refractivity (Wildman–Crippen MR) is 95.7 cm³/mol. The van der Waals surface area contributed by atoms with Gasteiger partial charge in [-0.2, -0.15) is 5.10 Å². The molecular formula is C18H34N4O. The maximum atomic E-state index is 12.1. The number of nitrogens with zero attached hydrogens (tertiary/aromatic N) is 4. The fraction of sp³-hybridized carbons (Fsp3) is 0.778. The molecule has 132 valence electrons. The molecule has 2 aliphatic heterocycles. The Morgan fingerprint density at radius 2 is 1.74 bits per heavy atom. The first-order chi connectivity index (χ1) is 11.2. The minimum Gasteiger partial charge on any atom is -0.337 e. The Morgan fingerprint density at radius 1 is 1.13 bits per heavy atom. The van der Waals surface area contributed by atoms with E-state index in [1.54, 1.807) is 0 Å². The van der Waals surface area contributed by atoms with Crippen LogP contribution in [0.25, 0.3) is 0 Å². The van der Waals surface area contributed by atoms with Crippen LogP contribution < -0.4 is 0 Å². The Hall–Kier alpha value is -1.36. The van der Waals surface area contributed by atoms with Gasteiger partial charge in [0.1, 0.15) is 5.69 Å². The average Bonchev–Trinajstić information content (AvgIpc) is 3.25. The maximum Gasteiger partial charge on any atom is 0.274 e. The van der Waals surface area contributed by atoms with Gasteiger partial charge < -0.3 is 9.80 Å². The Kier molecular flexibility index (Phi) is 8.92. The molecule has 2 fully saturated rings. The number of carbonyl (C=O) groups is 1. The lowest BCUT2D eigenvalue weighted by atomic mass is 10.0. The summed E-state index contributed by atoms with van der Waals surface area (Å²) in [4.78, 5) is 16.5. The van der Waals surface area contributed by atoms with Gasteiger partial charge in [-0.15, -0.1) is 0 Å². The smallest absolute Gasteiger partial charge is 0.274 e. The van der Waals surface area contributed by atoms with Crippen molar-refractivity contribution in [2.24, 2.45) is 5.92 Å². The minimum atomic E-state index is 0.0915. The van der Waals surface area contributed by atoms with E-state index in [-0.39, 0.29) is 5.91 Å². The molecule has 0 bridgehead atoms. The van der Waals surface area contributed by atoms with Gasteiger partial charge >= 0.3 is 0 Å². The Bertz CT molecular complexity index is 446. The van der Waals surface area contributed by atoms with Crippen molar-refractivity contribution in [3.05, 3.63) is 18.0 Å².